The summed E-state index contributed by atoms with van der Waals surface area (Å²) in [6.07, 6.45) is 0. The van der Waals surface area contributed by atoms with Crippen LogP contribution in [-0.2, 0) is 0 Å². The van der Waals surface area contributed by atoms with Gasteiger partial charge in [0.15, 0.2) is 0 Å². The summed E-state index contributed by atoms with van der Waals surface area (Å²) in [5.74, 6) is 0. The Morgan fingerprint density at radius 2 is 0.882 bits per heavy atom. The molecule has 51 heavy (non-hydrogen) atoms. The van der Waals surface area contributed by atoms with Crippen molar-refractivity contribution in [3.8, 4) is 33.4 Å². The molecule has 1 heteroatoms. The van der Waals surface area contributed by atoms with Crippen LogP contribution in [0, 0.1) is 0 Å². The van der Waals surface area contributed by atoms with E-state index in [-0.39, 0.29) is 0 Å². The van der Waals surface area contributed by atoms with Gasteiger partial charge in [-0.2, -0.15) is 0 Å². The van der Waals surface area contributed by atoms with Gasteiger partial charge in [0, 0.05) is 10.8 Å². The van der Waals surface area contributed by atoms with Gasteiger partial charge in [-0.15, -0.1) is 0 Å². The molecular formula is C50H30O. The summed E-state index contributed by atoms with van der Waals surface area (Å²) in [6.45, 7) is 0. The maximum Gasteiger partial charge on any atom is 0.136 e. The summed E-state index contributed by atoms with van der Waals surface area (Å²) in [4.78, 5) is 0. The van der Waals surface area contributed by atoms with E-state index in [0.717, 1.165) is 0 Å². The number of furan rings is 1. The van der Waals surface area contributed by atoms with Crippen molar-refractivity contribution in [1.29, 1.82) is 0 Å². The summed E-state index contributed by atoms with van der Waals surface area (Å²) in [5, 5.41) is -7.85. The van der Waals surface area contributed by atoms with E-state index in [1.807, 2.05) is 0 Å². The normalized spacial score (nSPS) is 20.2. The molecular weight excluding hydrogens is 617 g/mol. The first-order valence-electron chi connectivity index (χ1n) is 30.2. The van der Waals surface area contributed by atoms with Crippen molar-refractivity contribution in [3.63, 3.8) is 0 Å². The van der Waals surface area contributed by atoms with Crippen molar-refractivity contribution in [1.82, 2.24) is 0 Å². The van der Waals surface area contributed by atoms with Crippen molar-refractivity contribution in [2.24, 2.45) is 0 Å². The highest BCUT2D eigenvalue weighted by atomic mass is 16.3. The molecule has 0 aliphatic heterocycles. The SMILES string of the molecule is [2H]c1c([2H])c(-c2c3c([2H])c([2H])c([2H])c([2H])c3c(-c3c([2H])c([2H])c([2H])c4c3c([2H])c([2H])c3c([2H])c([2H])c([2H])c([2H])c34)c3c([2H])c([2H])c([2H])c([2H])c23)c([2H])c(-c2c([2H])c([2H])c([2H])c3oc4c([2H])c5c([2H])c([2H])c([2H])c([2H])c5c([2H])c4c23)c1[2H]. The van der Waals surface area contributed by atoms with Crippen molar-refractivity contribution in [2.45, 2.75) is 0 Å². The molecule has 0 unspecified atom stereocenters. The van der Waals surface area contributed by atoms with Crippen LogP contribution >= 0.6 is 0 Å². The molecule has 10 aromatic carbocycles. The molecule has 0 amide bonds. The zero-order valence-corrected chi connectivity index (χ0v) is 25.4. The van der Waals surface area contributed by atoms with Crippen molar-refractivity contribution < 1.29 is 45.5 Å². The highest BCUT2D eigenvalue weighted by molar-refractivity contribution is 6.25. The van der Waals surface area contributed by atoms with Crippen LogP contribution in [0.15, 0.2) is 186 Å². The summed E-state index contributed by atoms with van der Waals surface area (Å²) in [6, 6.07) is -28.5. The van der Waals surface area contributed by atoms with E-state index in [2.05, 4.69) is 0 Å². The second-order valence-corrected chi connectivity index (χ2v) is 11.3. The third-order valence-corrected chi connectivity index (χ3v) is 8.57. The van der Waals surface area contributed by atoms with Gasteiger partial charge in [-0.25, -0.2) is 0 Å². The quantitative estimate of drug-likeness (QED) is 0.134. The van der Waals surface area contributed by atoms with Crippen molar-refractivity contribution in [3.05, 3.63) is 181 Å². The lowest BCUT2D eigenvalue weighted by Crippen LogP contribution is -1.92. The molecule has 0 aliphatic carbocycles. The highest BCUT2D eigenvalue weighted by Crippen LogP contribution is 2.47. The topological polar surface area (TPSA) is 13.1 Å². The minimum atomic E-state index is -1.13. The molecule has 0 fully saturated rings. The van der Waals surface area contributed by atoms with Gasteiger partial charge >= 0.3 is 0 Å². The van der Waals surface area contributed by atoms with E-state index >= 15 is 0 Å². The number of fused-ring (bicyclic) bond motifs is 9. The molecule has 0 aliphatic rings. The molecule has 11 aromatic rings. The van der Waals surface area contributed by atoms with Crippen molar-refractivity contribution in [2.75, 3.05) is 0 Å². The third kappa shape index (κ3) is 4.22. The van der Waals surface area contributed by atoms with Gasteiger partial charge in [-0.3, -0.25) is 0 Å². The number of benzene rings is 10. The maximum atomic E-state index is 10.1. The Labute approximate surface area is 336 Å². The van der Waals surface area contributed by atoms with E-state index in [0.29, 0.717) is 0 Å². The fraction of sp³-hybridized carbons (Fsp3) is 0. The second-order valence-electron chi connectivity index (χ2n) is 11.3. The van der Waals surface area contributed by atoms with Crippen LogP contribution in [0.5, 0.6) is 0 Å². The van der Waals surface area contributed by atoms with E-state index < -0.39 is 290 Å². The molecule has 0 saturated carbocycles. The Morgan fingerprint density at radius 3 is 1.65 bits per heavy atom. The van der Waals surface area contributed by atoms with Crippen LogP contribution in [0.3, 0.4) is 0 Å². The van der Waals surface area contributed by atoms with Gasteiger partial charge in [0.25, 0.3) is 0 Å². The lowest BCUT2D eigenvalue weighted by Gasteiger charge is -2.19. The zero-order chi connectivity index (χ0) is 59.6. The average Bonchev–Trinajstić information content (AvgIpc) is 4.00. The van der Waals surface area contributed by atoms with E-state index in [1.165, 1.54) is 0 Å². The van der Waals surface area contributed by atoms with Crippen LogP contribution in [0.1, 0.15) is 41.1 Å². The first kappa shape index (κ1) is 11.7. The largest absolute Gasteiger partial charge is 0.456 e. The summed E-state index contributed by atoms with van der Waals surface area (Å²) in [7, 11) is 0. The summed E-state index contributed by atoms with van der Waals surface area (Å²) in [5.41, 5.74) is -6.24. The highest BCUT2D eigenvalue weighted by Gasteiger charge is 2.19. The molecule has 0 radical (unpaired) electrons. The first-order chi connectivity index (χ1) is 37.8. The Bertz CT molecular complexity index is 4850. The molecule has 0 N–H and O–H groups in total. The minimum Gasteiger partial charge on any atom is -0.456 e. The second kappa shape index (κ2) is 10.9. The van der Waals surface area contributed by atoms with E-state index in [1.54, 1.807) is 0 Å². The molecule has 1 heterocycles. The Morgan fingerprint density at radius 1 is 0.314 bits per heavy atom. The molecule has 0 bridgehead atoms. The lowest BCUT2D eigenvalue weighted by atomic mass is 9.84. The first-order valence-corrected chi connectivity index (χ1v) is 15.2. The van der Waals surface area contributed by atoms with E-state index in [4.69, 9.17) is 29.1 Å². The van der Waals surface area contributed by atoms with Crippen LogP contribution < -0.4 is 0 Å². The van der Waals surface area contributed by atoms with Crippen LogP contribution in [-0.4, -0.2) is 0 Å². The summed E-state index contributed by atoms with van der Waals surface area (Å²) < 4.78 is 279. The van der Waals surface area contributed by atoms with Crippen LogP contribution in [0.25, 0.3) is 109 Å². The monoisotopic (exact) mass is 676 g/mol. The van der Waals surface area contributed by atoms with Gasteiger partial charge in [-0.1, -0.05) is 157 Å². The molecule has 11 rings (SSSR count). The van der Waals surface area contributed by atoms with Gasteiger partial charge in [0.05, 0.1) is 41.1 Å². The zero-order valence-electron chi connectivity index (χ0n) is 55.4. The molecule has 0 spiro atoms. The fourth-order valence-corrected chi connectivity index (χ4v) is 6.45. The fourth-order valence-electron chi connectivity index (χ4n) is 6.45. The maximum absolute atomic E-state index is 10.1. The minimum absolute atomic E-state index is 0.490. The standard InChI is InChI=1S/C50H30O/c1-2-14-33-30-47-45(29-32(33)13-1)50-37(22-11-25-46(50)51-47)34-15-9-16-35(28-34)48-41-18-5-7-20-43(41)49(44-21-8-6-19-42(44)48)40-24-10-23-38-36-17-4-3-12-31(36)26-27-39(38)40/h1-30H/i1D,2D,3D,4D,5D,6D,7D,8D,9D,10D,11D,12D,13D,14D,15D,16D,17D,18D,19D,20D,21D,22D,23D,24D,25D,26D,27D,28D,29D,30D. The molecule has 1 aromatic heterocycles. The smallest absolute Gasteiger partial charge is 0.136 e. The molecule has 0 atom stereocenters. The number of hydrogen-bond acceptors (Lipinski definition) is 1. The average molecular weight is 677 g/mol. The predicted molar refractivity (Wildman–Crippen MR) is 218 cm³/mol. The third-order valence-electron chi connectivity index (χ3n) is 8.57. The van der Waals surface area contributed by atoms with Gasteiger partial charge in [0.1, 0.15) is 11.2 Å². The summed E-state index contributed by atoms with van der Waals surface area (Å²) >= 11 is 0. The van der Waals surface area contributed by atoms with Gasteiger partial charge in [-0.05, 0) is 111 Å². The Hall–Kier alpha value is -6.70. The van der Waals surface area contributed by atoms with Crippen LogP contribution in [0.4, 0.5) is 0 Å². The van der Waals surface area contributed by atoms with Crippen molar-refractivity contribution >= 4 is 75.8 Å². The number of hydrogen-bond donors (Lipinski definition) is 0. The molecule has 0 saturated heterocycles. The van der Waals surface area contributed by atoms with Crippen LogP contribution in [0.2, 0.25) is 0 Å². The van der Waals surface area contributed by atoms with E-state index in [9.17, 15) is 16.4 Å². The Kier molecular flexibility index (Phi) is 2.50. The Balaban J connectivity index is 1.43. The molecule has 1 nitrogen and oxygen atoms in total. The van der Waals surface area contributed by atoms with Gasteiger partial charge < -0.3 is 4.42 Å². The van der Waals surface area contributed by atoms with Gasteiger partial charge in [0.2, 0.25) is 0 Å². The number of rotatable bonds is 3. The predicted octanol–water partition coefficient (Wildman–Crippen LogP) is 14.4. The molecule has 236 valence electrons. The lowest BCUT2D eigenvalue weighted by molar-refractivity contribution is 0.669.